The molecule has 2 aromatic rings. The number of rotatable bonds is 2. The number of nitrogens with one attached hydrogen (secondary N) is 2. The fourth-order valence-corrected chi connectivity index (χ4v) is 2.57. The lowest BCUT2D eigenvalue weighted by molar-refractivity contribution is -0.119. The second-order valence-electron chi connectivity index (χ2n) is 4.95. The summed E-state index contributed by atoms with van der Waals surface area (Å²) in [5, 5.41) is 9.76. The Kier molecular flexibility index (Phi) is 3.32. The molecule has 0 aromatic carbocycles. The first-order chi connectivity index (χ1) is 9.95. The zero-order valence-electron chi connectivity index (χ0n) is 11.4. The molecule has 2 N–H and O–H groups in total. The Morgan fingerprint density at radius 3 is 3.00 bits per heavy atom. The molecule has 3 rings (SSSR count). The lowest BCUT2D eigenvalue weighted by atomic mass is 9.98. The third-order valence-corrected chi connectivity index (χ3v) is 3.80. The average Bonchev–Trinajstić information content (AvgIpc) is 2.97. The minimum atomic E-state index is -0.383. The van der Waals surface area contributed by atoms with Crippen LogP contribution in [0.2, 0.25) is 0 Å². The van der Waals surface area contributed by atoms with Crippen LogP contribution in [0.3, 0.4) is 0 Å². The molecule has 1 unspecified atom stereocenters. The molecule has 2 amide bonds. The third-order valence-electron chi connectivity index (χ3n) is 3.37. The molecule has 0 fully saturated rings. The first-order valence-corrected chi connectivity index (χ1v) is 7.18. The lowest BCUT2D eigenvalue weighted by Gasteiger charge is -2.19. The molecule has 8 heteroatoms. The van der Waals surface area contributed by atoms with Crippen LogP contribution in [0.25, 0.3) is 0 Å². The summed E-state index contributed by atoms with van der Waals surface area (Å²) in [5.41, 5.74) is 0.823. The van der Waals surface area contributed by atoms with Crippen LogP contribution in [-0.2, 0) is 18.3 Å². The fraction of sp³-hybridized carbons (Fsp3) is 0.308. The van der Waals surface area contributed by atoms with E-state index in [1.54, 1.807) is 23.9 Å². The number of aromatic nitrogens is 2. The van der Waals surface area contributed by atoms with Crippen molar-refractivity contribution >= 4 is 39.4 Å². The van der Waals surface area contributed by atoms with E-state index in [0.717, 1.165) is 5.56 Å². The summed E-state index contributed by atoms with van der Waals surface area (Å²) in [6.07, 6.45) is 0.534. The Morgan fingerprint density at radius 2 is 2.33 bits per heavy atom. The molecule has 110 valence electrons. The van der Waals surface area contributed by atoms with Crippen LogP contribution in [-0.4, -0.2) is 21.6 Å². The number of nitrogens with zero attached hydrogens (tertiary/aromatic N) is 2. The number of carbonyl (C=O) groups is 2. The van der Waals surface area contributed by atoms with E-state index in [9.17, 15) is 9.59 Å². The minimum absolute atomic E-state index is 0.0432. The van der Waals surface area contributed by atoms with Gasteiger partial charge in [0.1, 0.15) is 5.82 Å². The molecule has 1 atom stereocenters. The van der Waals surface area contributed by atoms with Crippen LogP contribution in [0.4, 0.5) is 11.6 Å². The zero-order valence-corrected chi connectivity index (χ0v) is 13.0. The van der Waals surface area contributed by atoms with Gasteiger partial charge in [-0.1, -0.05) is 6.92 Å². The van der Waals surface area contributed by atoms with E-state index < -0.39 is 0 Å². The zero-order chi connectivity index (χ0) is 15.1. The Morgan fingerprint density at radius 1 is 1.57 bits per heavy atom. The molecule has 3 heterocycles. The molecular weight excluding hydrogens is 340 g/mol. The third kappa shape index (κ3) is 2.46. The van der Waals surface area contributed by atoms with Gasteiger partial charge in [-0.3, -0.25) is 14.3 Å². The number of halogens is 1. The summed E-state index contributed by atoms with van der Waals surface area (Å²) >= 11 is 3.15. The second kappa shape index (κ2) is 5.03. The van der Waals surface area contributed by atoms with Gasteiger partial charge in [0, 0.05) is 18.5 Å². The first kappa shape index (κ1) is 13.9. The summed E-state index contributed by atoms with van der Waals surface area (Å²) in [4.78, 5) is 23.8. The van der Waals surface area contributed by atoms with Gasteiger partial charge in [0.05, 0.1) is 0 Å². The normalized spacial score (nSPS) is 17.3. The van der Waals surface area contributed by atoms with Crippen molar-refractivity contribution in [1.29, 1.82) is 0 Å². The molecule has 0 spiro atoms. The van der Waals surface area contributed by atoms with E-state index >= 15 is 0 Å². The van der Waals surface area contributed by atoms with Crippen molar-refractivity contribution in [1.82, 2.24) is 9.78 Å². The van der Waals surface area contributed by atoms with E-state index in [4.69, 9.17) is 4.42 Å². The lowest BCUT2D eigenvalue weighted by Crippen LogP contribution is -2.28. The van der Waals surface area contributed by atoms with Crippen LogP contribution in [0.15, 0.2) is 21.2 Å². The summed E-state index contributed by atoms with van der Waals surface area (Å²) in [5.74, 6) is 0.666. The van der Waals surface area contributed by atoms with E-state index in [1.165, 1.54) is 0 Å². The minimum Gasteiger partial charge on any atom is -0.444 e. The fourth-order valence-electron chi connectivity index (χ4n) is 2.26. The second-order valence-corrected chi connectivity index (χ2v) is 5.73. The highest BCUT2D eigenvalue weighted by Gasteiger charge is 2.29. The molecule has 1 aliphatic heterocycles. The summed E-state index contributed by atoms with van der Waals surface area (Å²) in [7, 11) is 1.72. The SMILES string of the molecule is CC1Cc2c(NC(=O)c3ccc(Br)o3)nn(C)c2NC1=O. The monoisotopic (exact) mass is 352 g/mol. The highest BCUT2D eigenvalue weighted by Crippen LogP contribution is 2.31. The highest BCUT2D eigenvalue weighted by atomic mass is 79.9. The Balaban J connectivity index is 1.89. The van der Waals surface area contributed by atoms with Crippen molar-refractivity contribution in [2.24, 2.45) is 13.0 Å². The number of hydrogen-bond acceptors (Lipinski definition) is 4. The Bertz CT molecular complexity index is 734. The predicted octanol–water partition coefficient (Wildman–Crippen LogP) is 2.16. The molecule has 1 aliphatic rings. The van der Waals surface area contributed by atoms with Crippen molar-refractivity contribution < 1.29 is 14.0 Å². The molecular formula is C13H13BrN4O3. The van der Waals surface area contributed by atoms with Gasteiger partial charge >= 0.3 is 0 Å². The first-order valence-electron chi connectivity index (χ1n) is 6.39. The van der Waals surface area contributed by atoms with Gasteiger partial charge in [0.2, 0.25) is 5.91 Å². The largest absolute Gasteiger partial charge is 0.444 e. The van der Waals surface area contributed by atoms with Crippen LogP contribution < -0.4 is 10.6 Å². The van der Waals surface area contributed by atoms with Crippen molar-refractivity contribution in [3.05, 3.63) is 28.1 Å². The number of anilines is 2. The molecule has 0 saturated heterocycles. The van der Waals surface area contributed by atoms with Crippen LogP contribution in [0.1, 0.15) is 23.0 Å². The van der Waals surface area contributed by atoms with E-state index in [-0.39, 0.29) is 23.5 Å². The molecule has 0 saturated carbocycles. The smallest absolute Gasteiger partial charge is 0.292 e. The summed E-state index contributed by atoms with van der Waals surface area (Å²) < 4.78 is 7.24. The topological polar surface area (TPSA) is 89.2 Å². The molecule has 21 heavy (non-hydrogen) atoms. The maximum atomic E-state index is 12.1. The van der Waals surface area contributed by atoms with Crippen molar-refractivity contribution in [3.63, 3.8) is 0 Å². The molecule has 2 aromatic heterocycles. The molecule has 7 nitrogen and oxygen atoms in total. The standard InChI is InChI=1S/C13H13BrN4O3/c1-6-5-7-10(17-18(2)11(7)16-12(6)19)15-13(20)8-3-4-9(14)21-8/h3-4,6H,5H2,1-2H3,(H,16,19)(H,15,17,20). The molecule has 0 bridgehead atoms. The maximum absolute atomic E-state index is 12.1. The average molecular weight is 353 g/mol. The van der Waals surface area contributed by atoms with Gasteiger partial charge in [-0.15, -0.1) is 0 Å². The number of carbonyl (C=O) groups excluding carboxylic acids is 2. The number of furan rings is 1. The Hall–Kier alpha value is -2.09. The van der Waals surface area contributed by atoms with Gasteiger partial charge in [-0.2, -0.15) is 5.10 Å². The summed E-state index contributed by atoms with van der Waals surface area (Å²) in [6.45, 7) is 1.83. The number of amides is 2. The van der Waals surface area contributed by atoms with Crippen molar-refractivity contribution in [3.8, 4) is 0 Å². The van der Waals surface area contributed by atoms with Gasteiger partial charge in [0.15, 0.2) is 16.2 Å². The van der Waals surface area contributed by atoms with Gasteiger partial charge in [-0.05, 0) is 34.5 Å². The van der Waals surface area contributed by atoms with E-state index in [0.29, 0.717) is 22.7 Å². The van der Waals surface area contributed by atoms with Crippen molar-refractivity contribution in [2.45, 2.75) is 13.3 Å². The molecule has 0 radical (unpaired) electrons. The number of hydrogen-bond donors (Lipinski definition) is 2. The predicted molar refractivity (Wildman–Crippen MR) is 79.1 cm³/mol. The quantitative estimate of drug-likeness (QED) is 0.866. The van der Waals surface area contributed by atoms with Gasteiger partial charge < -0.3 is 15.1 Å². The van der Waals surface area contributed by atoms with E-state index in [1.807, 2.05) is 6.92 Å². The number of aryl methyl sites for hydroxylation is 1. The van der Waals surface area contributed by atoms with Gasteiger partial charge in [0.25, 0.3) is 5.91 Å². The molecule has 0 aliphatic carbocycles. The Labute approximate surface area is 128 Å². The van der Waals surface area contributed by atoms with Crippen LogP contribution in [0.5, 0.6) is 0 Å². The van der Waals surface area contributed by atoms with Crippen LogP contribution in [0, 0.1) is 5.92 Å². The highest BCUT2D eigenvalue weighted by molar-refractivity contribution is 9.10. The van der Waals surface area contributed by atoms with Crippen molar-refractivity contribution in [2.75, 3.05) is 10.6 Å². The number of fused-ring (bicyclic) bond motifs is 1. The van der Waals surface area contributed by atoms with Crippen LogP contribution >= 0.6 is 15.9 Å². The van der Waals surface area contributed by atoms with E-state index in [2.05, 4.69) is 31.7 Å². The summed E-state index contributed by atoms with van der Waals surface area (Å²) in [6, 6.07) is 3.21. The maximum Gasteiger partial charge on any atom is 0.292 e. The van der Waals surface area contributed by atoms with Gasteiger partial charge in [-0.25, -0.2) is 0 Å².